The van der Waals surface area contributed by atoms with Crippen LogP contribution >= 0.6 is 0 Å². The van der Waals surface area contributed by atoms with Gasteiger partial charge in [0.2, 0.25) is 0 Å². The van der Waals surface area contributed by atoms with Gasteiger partial charge in [-0.25, -0.2) is 0 Å². The van der Waals surface area contributed by atoms with Crippen molar-refractivity contribution in [3.8, 4) is 5.75 Å². The van der Waals surface area contributed by atoms with Crippen LogP contribution in [0.25, 0.3) is 0 Å². The molecule has 22 heavy (non-hydrogen) atoms. The highest BCUT2D eigenvalue weighted by atomic mass is 28.4. The lowest BCUT2D eigenvalue weighted by Crippen LogP contribution is -2.44. The molecule has 0 unspecified atom stereocenters. The van der Waals surface area contributed by atoms with Crippen molar-refractivity contribution in [2.45, 2.75) is 78.4 Å². The van der Waals surface area contributed by atoms with Crippen LogP contribution in [-0.2, 0) is 12.8 Å². The van der Waals surface area contributed by atoms with Crippen LogP contribution in [0.3, 0.4) is 0 Å². The van der Waals surface area contributed by atoms with E-state index >= 15 is 0 Å². The Kier molecular flexibility index (Phi) is 6.42. The Balaban J connectivity index is 3.38. The zero-order valence-electron chi connectivity index (χ0n) is 15.4. The van der Waals surface area contributed by atoms with Gasteiger partial charge in [-0.2, -0.15) is 0 Å². The van der Waals surface area contributed by atoms with Gasteiger partial charge in [0.15, 0.2) is 0 Å². The van der Waals surface area contributed by atoms with Crippen LogP contribution < -0.4 is 4.43 Å². The molecule has 0 bridgehead atoms. The van der Waals surface area contributed by atoms with Gasteiger partial charge in [-0.3, -0.25) is 4.79 Å². The fourth-order valence-electron chi connectivity index (χ4n) is 2.30. The summed E-state index contributed by atoms with van der Waals surface area (Å²) in [7, 11) is -1.88. The number of benzene rings is 1. The summed E-state index contributed by atoms with van der Waals surface area (Å²) < 4.78 is 6.66. The van der Waals surface area contributed by atoms with E-state index in [1.807, 2.05) is 12.1 Å². The van der Waals surface area contributed by atoms with E-state index in [9.17, 15) is 4.79 Å². The molecule has 0 aromatic heterocycles. The SMILES string of the molecule is CCCc1cc(C=O)cc(CCC)c1O[Si](C)(C)C(C)(C)C. The monoisotopic (exact) mass is 320 g/mol. The highest BCUT2D eigenvalue weighted by Crippen LogP contribution is 2.40. The van der Waals surface area contributed by atoms with Crippen molar-refractivity contribution in [3.05, 3.63) is 28.8 Å². The Morgan fingerprint density at radius 1 is 1.05 bits per heavy atom. The molecule has 0 aliphatic heterocycles. The van der Waals surface area contributed by atoms with E-state index in [-0.39, 0.29) is 5.04 Å². The highest BCUT2D eigenvalue weighted by molar-refractivity contribution is 6.74. The number of aldehydes is 1. The van der Waals surface area contributed by atoms with Crippen LogP contribution in [0.15, 0.2) is 12.1 Å². The van der Waals surface area contributed by atoms with Gasteiger partial charge in [-0.1, -0.05) is 47.5 Å². The maximum Gasteiger partial charge on any atom is 0.250 e. The Bertz CT molecular complexity index is 486. The number of hydrogen-bond donors (Lipinski definition) is 0. The Hall–Kier alpha value is -1.09. The Labute approximate surface area is 137 Å². The van der Waals surface area contributed by atoms with E-state index in [4.69, 9.17) is 4.43 Å². The van der Waals surface area contributed by atoms with Gasteiger partial charge >= 0.3 is 0 Å². The predicted molar refractivity (Wildman–Crippen MR) is 97.6 cm³/mol. The van der Waals surface area contributed by atoms with E-state index in [1.165, 1.54) is 11.1 Å². The summed E-state index contributed by atoms with van der Waals surface area (Å²) in [4.78, 5) is 11.2. The van der Waals surface area contributed by atoms with E-state index in [0.29, 0.717) is 0 Å². The first kappa shape index (κ1) is 19.0. The van der Waals surface area contributed by atoms with E-state index in [2.05, 4.69) is 47.7 Å². The first-order chi connectivity index (χ1) is 10.2. The summed E-state index contributed by atoms with van der Waals surface area (Å²) in [5.74, 6) is 1.06. The van der Waals surface area contributed by atoms with E-state index in [1.54, 1.807) is 0 Å². The lowest BCUT2D eigenvalue weighted by molar-refractivity contribution is 0.112. The summed E-state index contributed by atoms with van der Waals surface area (Å²) in [6, 6.07) is 4.02. The maximum atomic E-state index is 11.2. The second-order valence-corrected chi connectivity index (χ2v) is 12.4. The molecule has 0 spiro atoms. The molecule has 0 aliphatic rings. The van der Waals surface area contributed by atoms with Gasteiger partial charge in [0.1, 0.15) is 12.0 Å². The lowest BCUT2D eigenvalue weighted by atomic mass is 9.99. The summed E-state index contributed by atoms with van der Waals surface area (Å²) in [5.41, 5.74) is 3.16. The predicted octanol–water partition coefficient (Wildman–Crippen LogP) is 5.79. The van der Waals surface area contributed by atoms with Crippen molar-refractivity contribution in [1.29, 1.82) is 0 Å². The van der Waals surface area contributed by atoms with Gasteiger partial charge < -0.3 is 4.43 Å². The molecule has 0 N–H and O–H groups in total. The van der Waals surface area contributed by atoms with Crippen molar-refractivity contribution in [2.75, 3.05) is 0 Å². The molecule has 124 valence electrons. The minimum Gasteiger partial charge on any atom is -0.543 e. The van der Waals surface area contributed by atoms with Crippen molar-refractivity contribution in [2.24, 2.45) is 0 Å². The van der Waals surface area contributed by atoms with Gasteiger partial charge in [0.25, 0.3) is 8.32 Å². The fourth-order valence-corrected chi connectivity index (χ4v) is 3.38. The molecule has 2 nitrogen and oxygen atoms in total. The molecule has 1 rings (SSSR count). The summed E-state index contributed by atoms with van der Waals surface area (Å²) in [5, 5.41) is 0.170. The molecular weight excluding hydrogens is 288 g/mol. The quantitative estimate of drug-likeness (QED) is 0.469. The molecular formula is C19H32O2Si. The summed E-state index contributed by atoms with van der Waals surface area (Å²) in [6.45, 7) is 15.7. The van der Waals surface area contributed by atoms with Gasteiger partial charge in [0.05, 0.1) is 0 Å². The number of rotatable bonds is 7. The molecule has 1 aromatic carbocycles. The smallest absolute Gasteiger partial charge is 0.250 e. The lowest BCUT2D eigenvalue weighted by Gasteiger charge is -2.38. The Morgan fingerprint density at radius 2 is 1.50 bits per heavy atom. The molecule has 0 atom stereocenters. The van der Waals surface area contributed by atoms with Crippen LogP contribution in [0, 0.1) is 0 Å². The van der Waals surface area contributed by atoms with Gasteiger partial charge in [-0.05, 0) is 54.2 Å². The average molecular weight is 321 g/mol. The molecule has 3 heteroatoms. The number of carbonyl (C=O) groups excluding carboxylic acids is 1. The second kappa shape index (κ2) is 7.45. The third-order valence-electron chi connectivity index (χ3n) is 4.60. The molecule has 0 saturated carbocycles. The molecule has 0 heterocycles. The zero-order valence-corrected chi connectivity index (χ0v) is 16.4. The normalized spacial score (nSPS) is 12.3. The van der Waals surface area contributed by atoms with E-state index < -0.39 is 8.32 Å². The molecule has 0 radical (unpaired) electrons. The summed E-state index contributed by atoms with van der Waals surface area (Å²) in [6.07, 6.45) is 4.99. The van der Waals surface area contributed by atoms with Crippen molar-refractivity contribution in [3.63, 3.8) is 0 Å². The first-order valence-electron chi connectivity index (χ1n) is 8.46. The molecule has 0 aliphatic carbocycles. The van der Waals surface area contributed by atoms with E-state index in [0.717, 1.165) is 43.3 Å². The van der Waals surface area contributed by atoms with Crippen molar-refractivity contribution < 1.29 is 9.22 Å². The highest BCUT2D eigenvalue weighted by Gasteiger charge is 2.39. The second-order valence-electron chi connectivity index (χ2n) is 7.65. The topological polar surface area (TPSA) is 26.3 Å². The third kappa shape index (κ3) is 4.45. The van der Waals surface area contributed by atoms with Crippen LogP contribution in [0.4, 0.5) is 0 Å². The molecule has 1 aromatic rings. The minimum absolute atomic E-state index is 0.170. The van der Waals surface area contributed by atoms with Crippen LogP contribution in [0.5, 0.6) is 5.75 Å². The Morgan fingerprint density at radius 3 is 1.82 bits per heavy atom. The fraction of sp³-hybridized carbons (Fsp3) is 0.632. The maximum absolute atomic E-state index is 11.2. The van der Waals surface area contributed by atoms with Crippen LogP contribution in [0.2, 0.25) is 18.1 Å². The van der Waals surface area contributed by atoms with Gasteiger partial charge in [-0.15, -0.1) is 0 Å². The zero-order chi connectivity index (χ0) is 17.0. The largest absolute Gasteiger partial charge is 0.543 e. The van der Waals surface area contributed by atoms with Crippen molar-refractivity contribution in [1.82, 2.24) is 0 Å². The van der Waals surface area contributed by atoms with Crippen molar-refractivity contribution >= 4 is 14.6 Å². The van der Waals surface area contributed by atoms with Crippen LogP contribution in [-0.4, -0.2) is 14.6 Å². The minimum atomic E-state index is -1.88. The number of hydrogen-bond acceptors (Lipinski definition) is 2. The summed E-state index contributed by atoms with van der Waals surface area (Å²) >= 11 is 0. The number of aryl methyl sites for hydroxylation is 2. The van der Waals surface area contributed by atoms with Crippen LogP contribution in [0.1, 0.15) is 68.9 Å². The standard InChI is InChI=1S/C19H32O2Si/c1-8-10-16-12-15(14-20)13-17(11-9-2)18(16)21-22(6,7)19(3,4)5/h12-14H,8-11H2,1-7H3. The molecule has 0 amide bonds. The average Bonchev–Trinajstić information content (AvgIpc) is 2.41. The molecule has 0 fully saturated rings. The van der Waals surface area contributed by atoms with Gasteiger partial charge in [0, 0.05) is 5.56 Å². The number of carbonyl (C=O) groups is 1. The third-order valence-corrected chi connectivity index (χ3v) is 8.93. The first-order valence-corrected chi connectivity index (χ1v) is 11.4. The molecule has 0 saturated heterocycles.